The number of nitrogens with one attached hydrogen (secondary N) is 2. The van der Waals surface area contributed by atoms with Crippen LogP contribution < -0.4 is 15.5 Å². The normalized spacial score (nSPS) is 22.6. The average molecular weight is 488 g/mol. The Hall–Kier alpha value is -1.96. The van der Waals surface area contributed by atoms with Gasteiger partial charge in [0, 0.05) is 55.0 Å². The quantitative estimate of drug-likeness (QED) is 0.578. The first-order chi connectivity index (χ1) is 15.8. The lowest BCUT2D eigenvalue weighted by Gasteiger charge is -2.38. The van der Waals surface area contributed by atoms with E-state index >= 15 is 0 Å². The van der Waals surface area contributed by atoms with E-state index in [0.717, 1.165) is 55.7 Å². The van der Waals surface area contributed by atoms with Crippen LogP contribution in [0.4, 0.5) is 11.8 Å². The van der Waals surface area contributed by atoms with Gasteiger partial charge < -0.3 is 20.3 Å². The molecule has 2 N–H and O–H groups in total. The molecule has 0 aliphatic carbocycles. The van der Waals surface area contributed by atoms with Gasteiger partial charge in [0.15, 0.2) is 5.11 Å². The topological polar surface area (TPSA) is 62.3 Å². The van der Waals surface area contributed by atoms with Gasteiger partial charge in [-0.2, -0.15) is 4.98 Å². The zero-order valence-electron chi connectivity index (χ0n) is 19.7. The molecule has 8 heteroatoms. The molecular weight excluding hydrogens is 454 g/mol. The molecule has 4 rings (SSSR count). The first-order valence-electron chi connectivity index (χ1n) is 11.8. The van der Waals surface area contributed by atoms with Gasteiger partial charge >= 0.3 is 0 Å². The minimum absolute atomic E-state index is 0.0483. The summed E-state index contributed by atoms with van der Waals surface area (Å²) in [6.07, 6.45) is 3.13. The highest BCUT2D eigenvalue weighted by Crippen LogP contribution is 2.35. The van der Waals surface area contributed by atoms with Crippen molar-refractivity contribution < 1.29 is 4.74 Å². The molecule has 2 aromatic rings. The molecule has 2 unspecified atom stereocenters. The summed E-state index contributed by atoms with van der Waals surface area (Å²) < 4.78 is 5.64. The Morgan fingerprint density at radius 1 is 1.15 bits per heavy atom. The number of hydrogen-bond acceptors (Lipinski definition) is 5. The monoisotopic (exact) mass is 487 g/mol. The zero-order valence-corrected chi connectivity index (χ0v) is 21.3. The number of rotatable bonds is 5. The summed E-state index contributed by atoms with van der Waals surface area (Å²) in [5, 5.41) is 7.93. The molecule has 2 aliphatic rings. The first-order valence-corrected chi connectivity index (χ1v) is 12.6. The van der Waals surface area contributed by atoms with Crippen molar-refractivity contribution in [2.45, 2.75) is 45.4 Å². The summed E-state index contributed by atoms with van der Waals surface area (Å²) >= 11 is 11.8. The Morgan fingerprint density at radius 3 is 2.48 bits per heavy atom. The van der Waals surface area contributed by atoms with Crippen LogP contribution in [0.15, 0.2) is 30.3 Å². The Bertz CT molecular complexity index is 954. The Morgan fingerprint density at radius 2 is 1.82 bits per heavy atom. The number of ether oxygens (including phenoxy) is 1. The molecule has 6 nitrogen and oxygen atoms in total. The van der Waals surface area contributed by atoms with Crippen molar-refractivity contribution in [1.29, 1.82) is 0 Å². The summed E-state index contributed by atoms with van der Waals surface area (Å²) in [6, 6.07) is 10.2. The van der Waals surface area contributed by atoms with Crippen LogP contribution in [0.3, 0.4) is 0 Å². The van der Waals surface area contributed by atoms with E-state index in [2.05, 4.69) is 52.6 Å². The van der Waals surface area contributed by atoms with Crippen LogP contribution in [0, 0.1) is 18.8 Å². The van der Waals surface area contributed by atoms with Gasteiger partial charge in [-0.1, -0.05) is 37.6 Å². The highest BCUT2D eigenvalue weighted by atomic mass is 35.5. The molecule has 0 radical (unpaired) electrons. The smallest absolute Gasteiger partial charge is 0.231 e. The molecule has 3 heterocycles. The van der Waals surface area contributed by atoms with Crippen molar-refractivity contribution in [3.05, 3.63) is 46.6 Å². The van der Waals surface area contributed by atoms with Gasteiger partial charge in [0.1, 0.15) is 5.82 Å². The van der Waals surface area contributed by atoms with Crippen LogP contribution in [0.5, 0.6) is 0 Å². The van der Waals surface area contributed by atoms with Gasteiger partial charge in [-0.15, -0.1) is 0 Å². The number of aromatic nitrogens is 2. The molecule has 178 valence electrons. The van der Waals surface area contributed by atoms with E-state index in [9.17, 15) is 0 Å². The van der Waals surface area contributed by atoms with Crippen molar-refractivity contribution in [3.8, 4) is 0 Å². The van der Waals surface area contributed by atoms with Gasteiger partial charge in [-0.05, 0) is 67.9 Å². The van der Waals surface area contributed by atoms with Crippen molar-refractivity contribution in [2.75, 3.05) is 43.1 Å². The zero-order chi connectivity index (χ0) is 23.4. The summed E-state index contributed by atoms with van der Waals surface area (Å²) in [7, 11) is 0. The fourth-order valence-electron chi connectivity index (χ4n) is 5.15. The van der Waals surface area contributed by atoms with E-state index < -0.39 is 0 Å². The molecule has 2 atom stereocenters. The second kappa shape index (κ2) is 10.5. The number of piperidine rings is 1. The number of aryl methyl sites for hydroxylation is 1. The largest absolute Gasteiger partial charge is 0.381 e. The number of benzene rings is 1. The van der Waals surface area contributed by atoms with Crippen LogP contribution in [-0.2, 0) is 10.2 Å². The molecule has 2 fully saturated rings. The van der Waals surface area contributed by atoms with E-state index in [0.29, 0.717) is 29.4 Å². The van der Waals surface area contributed by atoms with E-state index in [1.807, 2.05) is 19.1 Å². The average Bonchev–Trinajstić information content (AvgIpc) is 2.78. The van der Waals surface area contributed by atoms with Crippen molar-refractivity contribution in [1.82, 2.24) is 15.3 Å². The van der Waals surface area contributed by atoms with E-state index in [1.54, 1.807) is 0 Å². The van der Waals surface area contributed by atoms with Crippen LogP contribution >= 0.6 is 23.8 Å². The summed E-state index contributed by atoms with van der Waals surface area (Å²) in [5.41, 5.74) is 2.14. The number of thiocarbonyl (C=S) groups is 1. The fourth-order valence-corrected chi connectivity index (χ4v) is 5.44. The Balaban J connectivity index is 1.43. The van der Waals surface area contributed by atoms with Crippen molar-refractivity contribution in [2.24, 2.45) is 11.8 Å². The number of halogens is 1. The first kappa shape index (κ1) is 24.2. The highest BCUT2D eigenvalue weighted by Gasteiger charge is 2.34. The minimum Gasteiger partial charge on any atom is -0.381 e. The van der Waals surface area contributed by atoms with E-state index in [-0.39, 0.29) is 5.41 Å². The summed E-state index contributed by atoms with van der Waals surface area (Å²) in [5.74, 6) is 2.83. The van der Waals surface area contributed by atoms with Gasteiger partial charge in [-0.25, -0.2) is 4.98 Å². The second-order valence-electron chi connectivity index (χ2n) is 9.75. The molecule has 2 saturated heterocycles. The van der Waals surface area contributed by atoms with Gasteiger partial charge in [0.25, 0.3) is 0 Å². The standard InChI is InChI=1S/C25H34ClN5OS/c1-17-12-18(2)15-31(14-17)22-13-19(3)28-23(29-22)30-24(33)27-16-25(8-10-32-11-9-25)20-4-6-21(26)7-5-20/h4-7,13,17-18H,8-12,14-16H2,1-3H3,(H2,27,28,29,30,33). The lowest BCUT2D eigenvalue weighted by Crippen LogP contribution is -2.45. The summed E-state index contributed by atoms with van der Waals surface area (Å²) in [6.45, 7) is 10.8. The van der Waals surface area contributed by atoms with E-state index in [1.165, 1.54) is 12.0 Å². The summed E-state index contributed by atoms with van der Waals surface area (Å²) in [4.78, 5) is 11.7. The highest BCUT2D eigenvalue weighted by molar-refractivity contribution is 7.80. The lowest BCUT2D eigenvalue weighted by atomic mass is 9.74. The predicted octanol–water partition coefficient (Wildman–Crippen LogP) is 4.96. The molecule has 0 saturated carbocycles. The van der Waals surface area contributed by atoms with Gasteiger partial charge in [0.2, 0.25) is 5.95 Å². The van der Waals surface area contributed by atoms with Crippen LogP contribution in [0.2, 0.25) is 5.02 Å². The SMILES string of the molecule is Cc1cc(N2CC(C)CC(C)C2)nc(NC(=S)NCC2(c3ccc(Cl)cc3)CCOCC2)n1. The maximum Gasteiger partial charge on any atom is 0.231 e. The molecule has 0 amide bonds. The maximum atomic E-state index is 6.12. The Kier molecular flexibility index (Phi) is 7.72. The van der Waals surface area contributed by atoms with Crippen molar-refractivity contribution >= 4 is 40.7 Å². The molecular formula is C25H34ClN5OS. The fraction of sp³-hybridized carbons (Fsp3) is 0.560. The lowest BCUT2D eigenvalue weighted by molar-refractivity contribution is 0.0515. The maximum absolute atomic E-state index is 6.12. The van der Waals surface area contributed by atoms with Gasteiger partial charge in [0.05, 0.1) is 0 Å². The van der Waals surface area contributed by atoms with Crippen LogP contribution in [0.25, 0.3) is 0 Å². The Labute approximate surface area is 207 Å². The molecule has 1 aromatic heterocycles. The number of anilines is 2. The molecule has 33 heavy (non-hydrogen) atoms. The third kappa shape index (κ3) is 6.14. The van der Waals surface area contributed by atoms with Gasteiger partial charge in [-0.3, -0.25) is 0 Å². The molecule has 0 spiro atoms. The van der Waals surface area contributed by atoms with Crippen LogP contribution in [0.1, 0.15) is 44.4 Å². The van der Waals surface area contributed by atoms with Crippen molar-refractivity contribution in [3.63, 3.8) is 0 Å². The molecule has 2 aliphatic heterocycles. The molecule has 0 bridgehead atoms. The van der Waals surface area contributed by atoms with Crippen LogP contribution in [-0.4, -0.2) is 47.9 Å². The van der Waals surface area contributed by atoms with E-state index in [4.69, 9.17) is 33.5 Å². The minimum atomic E-state index is -0.0483. The molecule has 1 aromatic carbocycles. The third-order valence-corrected chi connectivity index (χ3v) is 7.25. The predicted molar refractivity (Wildman–Crippen MR) is 139 cm³/mol. The third-order valence-electron chi connectivity index (χ3n) is 6.75. The number of nitrogens with zero attached hydrogens (tertiary/aromatic N) is 3. The number of hydrogen-bond donors (Lipinski definition) is 2. The second-order valence-corrected chi connectivity index (χ2v) is 10.6.